The molecule has 1 N–H and O–H groups in total. The molecular formula is C24H39NO4. The first kappa shape index (κ1) is 20.1. The second-order valence-corrected chi connectivity index (χ2v) is 11.0. The van der Waals surface area contributed by atoms with E-state index in [0.29, 0.717) is 19.7 Å². The molecule has 5 fully saturated rings. The van der Waals surface area contributed by atoms with Crippen LogP contribution in [0.4, 0.5) is 4.79 Å². The molecule has 5 nitrogen and oxygen atoms in total. The lowest BCUT2D eigenvalue weighted by molar-refractivity contribution is -0.0948. The third kappa shape index (κ3) is 3.50. The van der Waals surface area contributed by atoms with Crippen LogP contribution in [0.15, 0.2) is 0 Å². The van der Waals surface area contributed by atoms with Gasteiger partial charge in [-0.15, -0.1) is 0 Å². The van der Waals surface area contributed by atoms with Crippen LogP contribution < -0.4 is 0 Å². The van der Waals surface area contributed by atoms with Crippen LogP contribution >= 0.6 is 0 Å². The average molecular weight is 406 g/mol. The van der Waals surface area contributed by atoms with E-state index in [1.54, 1.807) is 0 Å². The second-order valence-electron chi connectivity index (χ2n) is 11.0. The van der Waals surface area contributed by atoms with Crippen LogP contribution in [0.3, 0.4) is 0 Å². The van der Waals surface area contributed by atoms with E-state index in [1.165, 1.54) is 38.5 Å². The first-order valence-electron chi connectivity index (χ1n) is 12.2. The van der Waals surface area contributed by atoms with Crippen LogP contribution in [-0.4, -0.2) is 54.1 Å². The van der Waals surface area contributed by atoms with Crippen LogP contribution in [0.2, 0.25) is 0 Å². The summed E-state index contributed by atoms with van der Waals surface area (Å²) < 4.78 is 11.5. The van der Waals surface area contributed by atoms with Gasteiger partial charge in [0.2, 0.25) is 0 Å². The van der Waals surface area contributed by atoms with Gasteiger partial charge < -0.3 is 19.5 Å². The molecule has 4 saturated carbocycles. The van der Waals surface area contributed by atoms with Gasteiger partial charge in [0.1, 0.15) is 6.10 Å². The van der Waals surface area contributed by atoms with Gasteiger partial charge in [-0.05, 0) is 99.7 Å². The third-order valence-corrected chi connectivity index (χ3v) is 9.62. The van der Waals surface area contributed by atoms with Crippen LogP contribution in [-0.2, 0) is 9.47 Å². The quantitative estimate of drug-likeness (QED) is 0.709. The number of carbonyl (C=O) groups is 1. The van der Waals surface area contributed by atoms with Gasteiger partial charge in [-0.2, -0.15) is 0 Å². The fourth-order valence-corrected chi connectivity index (χ4v) is 8.09. The monoisotopic (exact) mass is 405 g/mol. The number of morpholine rings is 1. The highest BCUT2D eigenvalue weighted by atomic mass is 16.6. The minimum atomic E-state index is -0.134. The van der Waals surface area contributed by atoms with Crippen molar-refractivity contribution in [3.05, 3.63) is 0 Å². The van der Waals surface area contributed by atoms with Gasteiger partial charge in [0.05, 0.1) is 25.4 Å². The van der Waals surface area contributed by atoms with Crippen LogP contribution in [0.25, 0.3) is 0 Å². The molecule has 1 heterocycles. The molecule has 1 amide bonds. The molecule has 5 heteroatoms. The lowest BCUT2D eigenvalue weighted by Crippen LogP contribution is -2.50. The summed E-state index contributed by atoms with van der Waals surface area (Å²) in [5.41, 5.74) is 0.177. The average Bonchev–Trinajstić information content (AvgIpc) is 3.02. The van der Waals surface area contributed by atoms with E-state index in [4.69, 9.17) is 9.47 Å². The highest BCUT2D eigenvalue weighted by molar-refractivity contribution is 5.68. The molecule has 0 aromatic heterocycles. The lowest BCUT2D eigenvalue weighted by atomic mass is 9.50. The molecule has 0 aromatic rings. The van der Waals surface area contributed by atoms with E-state index in [1.807, 2.05) is 11.8 Å². The molecule has 1 aliphatic heterocycles. The van der Waals surface area contributed by atoms with E-state index in [9.17, 15) is 9.90 Å². The Morgan fingerprint density at radius 2 is 1.90 bits per heavy atom. The van der Waals surface area contributed by atoms with Gasteiger partial charge >= 0.3 is 6.09 Å². The summed E-state index contributed by atoms with van der Waals surface area (Å²) in [7, 11) is 0. The number of nitrogens with zero attached hydrogens (tertiary/aromatic N) is 1. The summed E-state index contributed by atoms with van der Waals surface area (Å²) in [5, 5.41) is 10.6. The van der Waals surface area contributed by atoms with Crippen molar-refractivity contribution in [1.29, 1.82) is 0 Å². The van der Waals surface area contributed by atoms with Gasteiger partial charge in [-0.1, -0.05) is 6.92 Å². The summed E-state index contributed by atoms with van der Waals surface area (Å²) in [6, 6.07) is 0. The first-order valence-corrected chi connectivity index (χ1v) is 12.2. The van der Waals surface area contributed by atoms with Crippen molar-refractivity contribution in [1.82, 2.24) is 4.90 Å². The molecular weight excluding hydrogens is 366 g/mol. The summed E-state index contributed by atoms with van der Waals surface area (Å²) >= 11 is 0. The van der Waals surface area contributed by atoms with E-state index >= 15 is 0 Å². The maximum atomic E-state index is 12.6. The molecule has 0 aromatic carbocycles. The maximum Gasteiger partial charge on any atom is 0.410 e. The van der Waals surface area contributed by atoms with Gasteiger partial charge in [-0.3, -0.25) is 0 Å². The Labute approximate surface area is 175 Å². The number of rotatable bonds is 1. The summed E-state index contributed by atoms with van der Waals surface area (Å²) in [4.78, 5) is 14.4. The van der Waals surface area contributed by atoms with Crippen LogP contribution in [0.1, 0.15) is 71.6 Å². The lowest BCUT2D eigenvalue weighted by Gasteiger charge is -2.55. The Balaban J connectivity index is 1.19. The molecule has 0 radical (unpaired) electrons. The molecule has 0 spiro atoms. The second kappa shape index (κ2) is 7.71. The Hall–Kier alpha value is -0.810. The van der Waals surface area contributed by atoms with Crippen molar-refractivity contribution in [2.75, 3.05) is 19.7 Å². The number of fused-ring (bicyclic) bond motifs is 5. The number of aliphatic hydroxyl groups is 1. The van der Waals surface area contributed by atoms with E-state index < -0.39 is 0 Å². The number of hydrogen-bond acceptors (Lipinski definition) is 4. The number of amides is 1. The molecule has 9 atom stereocenters. The van der Waals surface area contributed by atoms with Crippen molar-refractivity contribution >= 4 is 6.09 Å². The zero-order valence-electron chi connectivity index (χ0n) is 18.2. The largest absolute Gasteiger partial charge is 0.446 e. The predicted octanol–water partition coefficient (Wildman–Crippen LogP) is 4.23. The zero-order chi connectivity index (χ0) is 20.2. The summed E-state index contributed by atoms with van der Waals surface area (Å²) in [5.74, 6) is 3.93. The van der Waals surface area contributed by atoms with Gasteiger partial charge in [0.15, 0.2) is 0 Å². The Bertz CT molecular complexity index is 626. The molecule has 164 valence electrons. The number of hydrogen-bond donors (Lipinski definition) is 1. The van der Waals surface area contributed by atoms with Crippen LogP contribution in [0, 0.1) is 35.0 Å². The van der Waals surface area contributed by atoms with Crippen molar-refractivity contribution in [3.8, 4) is 0 Å². The molecule has 29 heavy (non-hydrogen) atoms. The van der Waals surface area contributed by atoms with Crippen molar-refractivity contribution < 1.29 is 19.4 Å². The minimum Gasteiger partial charge on any atom is -0.446 e. The Morgan fingerprint density at radius 1 is 1.07 bits per heavy atom. The topological polar surface area (TPSA) is 59.0 Å². The maximum absolute atomic E-state index is 12.6. The summed E-state index contributed by atoms with van der Waals surface area (Å²) in [6.45, 7) is 6.29. The molecule has 1 saturated heterocycles. The van der Waals surface area contributed by atoms with E-state index in [0.717, 1.165) is 48.9 Å². The third-order valence-electron chi connectivity index (χ3n) is 9.62. The van der Waals surface area contributed by atoms with Gasteiger partial charge in [0.25, 0.3) is 0 Å². The van der Waals surface area contributed by atoms with Gasteiger partial charge in [0, 0.05) is 6.54 Å². The molecule has 5 rings (SSSR count). The highest BCUT2D eigenvalue weighted by Crippen LogP contribution is 2.62. The fourth-order valence-electron chi connectivity index (χ4n) is 8.09. The molecule has 5 aliphatic rings. The molecule has 0 bridgehead atoms. The predicted molar refractivity (Wildman–Crippen MR) is 110 cm³/mol. The van der Waals surface area contributed by atoms with Crippen molar-refractivity contribution in [3.63, 3.8) is 0 Å². The smallest absolute Gasteiger partial charge is 0.410 e. The van der Waals surface area contributed by atoms with E-state index in [-0.39, 0.29) is 29.8 Å². The van der Waals surface area contributed by atoms with Crippen LogP contribution in [0.5, 0.6) is 0 Å². The minimum absolute atomic E-state index is 0.0794. The number of carbonyl (C=O) groups excluding carboxylic acids is 1. The molecule has 4 aliphatic carbocycles. The van der Waals surface area contributed by atoms with E-state index in [2.05, 4.69) is 6.92 Å². The first-order chi connectivity index (χ1) is 14.0. The number of ether oxygens (including phenoxy) is 2. The summed E-state index contributed by atoms with van der Waals surface area (Å²) in [6.07, 6.45) is 10.6. The highest BCUT2D eigenvalue weighted by Gasteiger charge is 2.56. The Kier molecular flexibility index (Phi) is 5.35. The van der Waals surface area contributed by atoms with Crippen molar-refractivity contribution in [2.45, 2.75) is 89.9 Å². The number of aliphatic hydroxyl groups excluding tert-OH is 1. The Morgan fingerprint density at radius 3 is 2.72 bits per heavy atom. The fraction of sp³-hybridized carbons (Fsp3) is 0.958. The SMILES string of the molecule is CC1CN(C(=O)OC2CCC3C(CCC4C3CCC3(C)C(O)CCC43)C2)CCO1. The van der Waals surface area contributed by atoms with Crippen molar-refractivity contribution in [2.24, 2.45) is 35.0 Å². The van der Waals surface area contributed by atoms with Gasteiger partial charge in [-0.25, -0.2) is 4.79 Å². The normalized spacial score (nSPS) is 49.7. The standard InChI is InChI=1S/C24H39NO4/c1-15-14-25(11-12-28-15)23(27)29-17-4-6-18-16(13-17)3-5-20-19(18)9-10-24(2)21(20)7-8-22(24)26/h15-22,26H,3-14H2,1-2H3. The molecule has 9 unspecified atom stereocenters. The zero-order valence-corrected chi connectivity index (χ0v) is 18.2.